The van der Waals surface area contributed by atoms with Crippen molar-refractivity contribution < 1.29 is 9.72 Å². The van der Waals surface area contributed by atoms with Crippen LogP contribution in [0.15, 0.2) is 30.3 Å². The van der Waals surface area contributed by atoms with Crippen LogP contribution in [0.3, 0.4) is 0 Å². The van der Waals surface area contributed by atoms with E-state index >= 15 is 0 Å². The molecule has 0 N–H and O–H groups in total. The molecule has 0 aromatic heterocycles. The number of hydrogen-bond donors (Lipinski definition) is 0. The fourth-order valence-electron chi connectivity index (χ4n) is 3.62. The summed E-state index contributed by atoms with van der Waals surface area (Å²) in [5.74, 6) is -0.0583. The molecular weight excluding hydrogens is 306 g/mol. The maximum absolute atomic E-state index is 12.5. The number of piperidine rings is 1. The van der Waals surface area contributed by atoms with Gasteiger partial charge < -0.3 is 4.90 Å². The topological polar surface area (TPSA) is 66.7 Å². The molecular formula is C18H23N3O3. The van der Waals surface area contributed by atoms with Gasteiger partial charge in [0.1, 0.15) is 0 Å². The van der Waals surface area contributed by atoms with E-state index in [9.17, 15) is 14.9 Å². The van der Waals surface area contributed by atoms with E-state index in [1.807, 2.05) is 4.90 Å². The van der Waals surface area contributed by atoms with Gasteiger partial charge in [0.15, 0.2) is 0 Å². The van der Waals surface area contributed by atoms with Crippen LogP contribution in [-0.4, -0.2) is 52.9 Å². The SMILES string of the molecule is O=C(/C=C/c1ccccc1[N+](=O)[O-])N1CCC[C@H](N2CCCC2)C1. The van der Waals surface area contributed by atoms with E-state index in [2.05, 4.69) is 4.90 Å². The molecule has 6 nitrogen and oxygen atoms in total. The monoisotopic (exact) mass is 329 g/mol. The zero-order chi connectivity index (χ0) is 16.9. The Morgan fingerprint density at radius 3 is 2.67 bits per heavy atom. The molecule has 0 unspecified atom stereocenters. The maximum atomic E-state index is 12.5. The second-order valence-electron chi connectivity index (χ2n) is 6.47. The maximum Gasteiger partial charge on any atom is 0.276 e. The molecule has 2 aliphatic rings. The van der Waals surface area contributed by atoms with Gasteiger partial charge in [-0.2, -0.15) is 0 Å². The number of likely N-dealkylation sites (tertiary alicyclic amines) is 2. The first-order valence-electron chi connectivity index (χ1n) is 8.59. The van der Waals surface area contributed by atoms with E-state index in [0.29, 0.717) is 11.6 Å². The number of hydrogen-bond acceptors (Lipinski definition) is 4. The highest BCUT2D eigenvalue weighted by Gasteiger charge is 2.28. The van der Waals surface area contributed by atoms with Crippen LogP contribution in [0.2, 0.25) is 0 Å². The minimum atomic E-state index is -0.422. The van der Waals surface area contributed by atoms with Gasteiger partial charge in [-0.05, 0) is 50.9 Å². The van der Waals surface area contributed by atoms with Crippen molar-refractivity contribution in [3.05, 3.63) is 46.0 Å². The molecule has 2 fully saturated rings. The van der Waals surface area contributed by atoms with Crippen molar-refractivity contribution in [2.24, 2.45) is 0 Å². The van der Waals surface area contributed by atoms with Gasteiger partial charge in [-0.3, -0.25) is 19.8 Å². The molecule has 2 heterocycles. The van der Waals surface area contributed by atoms with Crippen molar-refractivity contribution in [1.82, 2.24) is 9.80 Å². The van der Waals surface area contributed by atoms with Gasteiger partial charge in [-0.1, -0.05) is 12.1 Å². The van der Waals surface area contributed by atoms with Crippen LogP contribution in [0.5, 0.6) is 0 Å². The van der Waals surface area contributed by atoms with Crippen molar-refractivity contribution in [1.29, 1.82) is 0 Å². The van der Waals surface area contributed by atoms with E-state index in [1.165, 1.54) is 25.0 Å². The van der Waals surface area contributed by atoms with Crippen LogP contribution in [0, 0.1) is 10.1 Å². The fraction of sp³-hybridized carbons (Fsp3) is 0.500. The number of para-hydroxylation sites is 1. The van der Waals surface area contributed by atoms with Crippen LogP contribution in [0.1, 0.15) is 31.2 Å². The largest absolute Gasteiger partial charge is 0.338 e. The standard InChI is InChI=1S/C18H23N3O3/c22-18(10-9-15-6-1-2-8-17(15)21(23)24)20-13-5-7-16(14-20)19-11-3-4-12-19/h1-2,6,8-10,16H,3-5,7,11-14H2/b10-9+/t16-/m0/s1. The van der Waals surface area contributed by atoms with E-state index in [1.54, 1.807) is 24.3 Å². The molecule has 1 aromatic carbocycles. The number of rotatable bonds is 4. The molecule has 0 spiro atoms. The molecule has 0 saturated carbocycles. The summed E-state index contributed by atoms with van der Waals surface area (Å²) in [6.45, 7) is 3.81. The molecule has 1 amide bonds. The zero-order valence-electron chi connectivity index (χ0n) is 13.8. The predicted molar refractivity (Wildman–Crippen MR) is 92.5 cm³/mol. The van der Waals surface area contributed by atoms with Gasteiger partial charge in [0.2, 0.25) is 5.91 Å². The summed E-state index contributed by atoms with van der Waals surface area (Å²) in [5, 5.41) is 11.0. The van der Waals surface area contributed by atoms with E-state index in [4.69, 9.17) is 0 Å². The van der Waals surface area contributed by atoms with Crippen molar-refractivity contribution in [3.8, 4) is 0 Å². The third-order valence-electron chi connectivity index (χ3n) is 4.90. The molecule has 2 aliphatic heterocycles. The first-order chi connectivity index (χ1) is 11.6. The Balaban J connectivity index is 1.65. The molecule has 0 bridgehead atoms. The van der Waals surface area contributed by atoms with Gasteiger partial charge in [0, 0.05) is 31.3 Å². The van der Waals surface area contributed by atoms with Gasteiger partial charge in [0.05, 0.1) is 10.5 Å². The number of nitrogens with zero attached hydrogens (tertiary/aromatic N) is 3. The lowest BCUT2D eigenvalue weighted by atomic mass is 10.0. The summed E-state index contributed by atoms with van der Waals surface area (Å²) < 4.78 is 0. The van der Waals surface area contributed by atoms with Crippen molar-refractivity contribution in [2.45, 2.75) is 31.7 Å². The Kier molecular flexibility index (Phi) is 5.25. The van der Waals surface area contributed by atoms with Crippen LogP contribution in [0.4, 0.5) is 5.69 Å². The Bertz CT molecular complexity index is 638. The lowest BCUT2D eigenvalue weighted by Crippen LogP contribution is -2.48. The summed E-state index contributed by atoms with van der Waals surface area (Å²) in [5.41, 5.74) is 0.485. The van der Waals surface area contributed by atoms with Gasteiger partial charge >= 0.3 is 0 Å². The average Bonchev–Trinajstić information content (AvgIpc) is 3.14. The van der Waals surface area contributed by atoms with Crippen molar-refractivity contribution in [2.75, 3.05) is 26.2 Å². The summed E-state index contributed by atoms with van der Waals surface area (Å²) in [6, 6.07) is 6.94. The van der Waals surface area contributed by atoms with Crippen LogP contribution in [-0.2, 0) is 4.79 Å². The molecule has 0 aliphatic carbocycles. The van der Waals surface area contributed by atoms with Crippen molar-refractivity contribution >= 4 is 17.7 Å². The predicted octanol–water partition coefficient (Wildman–Crippen LogP) is 2.69. The van der Waals surface area contributed by atoms with E-state index < -0.39 is 4.92 Å². The molecule has 1 aromatic rings. The lowest BCUT2D eigenvalue weighted by molar-refractivity contribution is -0.385. The number of benzene rings is 1. The summed E-state index contributed by atoms with van der Waals surface area (Å²) in [7, 11) is 0. The second kappa shape index (κ2) is 7.57. The molecule has 6 heteroatoms. The minimum Gasteiger partial charge on any atom is -0.338 e. The highest BCUT2D eigenvalue weighted by Crippen LogP contribution is 2.22. The van der Waals surface area contributed by atoms with Gasteiger partial charge in [0.25, 0.3) is 5.69 Å². The third kappa shape index (κ3) is 3.82. The molecule has 3 rings (SSSR count). The van der Waals surface area contributed by atoms with E-state index in [-0.39, 0.29) is 11.6 Å². The summed E-state index contributed by atoms with van der Waals surface area (Å²) in [6.07, 6.45) is 7.70. The normalized spacial score (nSPS) is 22.2. The minimum absolute atomic E-state index is 0.0233. The van der Waals surface area contributed by atoms with Gasteiger partial charge in [-0.15, -0.1) is 0 Å². The Morgan fingerprint density at radius 1 is 1.17 bits per heavy atom. The van der Waals surface area contributed by atoms with Crippen LogP contribution in [0.25, 0.3) is 6.08 Å². The Hall–Kier alpha value is -2.21. The number of amides is 1. The van der Waals surface area contributed by atoms with E-state index in [0.717, 1.165) is 39.0 Å². The molecule has 2 saturated heterocycles. The number of nitro groups is 1. The fourth-order valence-corrected chi connectivity index (χ4v) is 3.62. The first-order valence-corrected chi connectivity index (χ1v) is 8.59. The summed E-state index contributed by atoms with van der Waals surface area (Å²) in [4.78, 5) is 27.4. The molecule has 128 valence electrons. The number of nitro benzene ring substituents is 1. The highest BCUT2D eigenvalue weighted by molar-refractivity contribution is 5.92. The van der Waals surface area contributed by atoms with Crippen molar-refractivity contribution in [3.63, 3.8) is 0 Å². The summed E-state index contributed by atoms with van der Waals surface area (Å²) >= 11 is 0. The third-order valence-corrected chi connectivity index (χ3v) is 4.90. The molecule has 24 heavy (non-hydrogen) atoms. The molecule has 1 atom stereocenters. The highest BCUT2D eigenvalue weighted by atomic mass is 16.6. The zero-order valence-corrected chi connectivity index (χ0v) is 13.8. The number of carbonyl (C=O) groups excluding carboxylic acids is 1. The Labute approximate surface area is 141 Å². The second-order valence-corrected chi connectivity index (χ2v) is 6.47. The van der Waals surface area contributed by atoms with Crippen LogP contribution >= 0.6 is 0 Å². The van der Waals surface area contributed by atoms with Crippen LogP contribution < -0.4 is 0 Å². The lowest BCUT2D eigenvalue weighted by Gasteiger charge is -2.37. The first kappa shape index (κ1) is 16.6. The smallest absolute Gasteiger partial charge is 0.276 e. The quantitative estimate of drug-likeness (QED) is 0.484. The number of carbonyl (C=O) groups is 1. The Morgan fingerprint density at radius 2 is 1.92 bits per heavy atom. The average molecular weight is 329 g/mol. The van der Waals surface area contributed by atoms with Gasteiger partial charge in [-0.25, -0.2) is 0 Å². The molecule has 0 radical (unpaired) electrons.